The summed E-state index contributed by atoms with van der Waals surface area (Å²) in [4.78, 5) is 18.8. The molecule has 2 aromatic rings. The van der Waals surface area contributed by atoms with Crippen molar-refractivity contribution in [3.8, 4) is 17.2 Å². The van der Waals surface area contributed by atoms with Gasteiger partial charge in [0.15, 0.2) is 11.5 Å². The second-order valence-corrected chi connectivity index (χ2v) is 6.44. The number of nitrogens with zero attached hydrogens (tertiary/aromatic N) is 2. The van der Waals surface area contributed by atoms with Gasteiger partial charge in [0.25, 0.3) is 0 Å². The van der Waals surface area contributed by atoms with Crippen molar-refractivity contribution < 1.29 is 37.0 Å². The monoisotopic (exact) mass is 441 g/mol. The van der Waals surface area contributed by atoms with Gasteiger partial charge in [-0.15, -0.1) is 0 Å². The van der Waals surface area contributed by atoms with Crippen molar-refractivity contribution in [2.45, 2.75) is 13.1 Å². The minimum atomic E-state index is -4.45. The molecule has 31 heavy (non-hydrogen) atoms. The Morgan fingerprint density at radius 2 is 1.81 bits per heavy atom. The molecule has 1 amide bonds. The van der Waals surface area contributed by atoms with E-state index in [2.05, 4.69) is 5.32 Å². The maximum Gasteiger partial charge on any atom is 0.437 e. The molecule has 0 spiro atoms. The van der Waals surface area contributed by atoms with E-state index >= 15 is 0 Å². The molecule has 1 fully saturated rings. The van der Waals surface area contributed by atoms with Gasteiger partial charge < -0.3 is 24.4 Å². The zero-order valence-corrected chi connectivity index (χ0v) is 17.2. The van der Waals surface area contributed by atoms with Crippen LogP contribution in [0.4, 0.5) is 29.3 Å². The van der Waals surface area contributed by atoms with Gasteiger partial charge in [-0.3, -0.25) is 4.90 Å². The standard InChI is InChI=1S/C20H22F3N3O5/c1-4-30-18-16(28-2)9-15(10-17(18)29-3)26-12-25(19(27)31-26)11-24-14-7-5-6-13(8-14)20(21,22)23/h5-10,24H,4,11-12H2,1-3H3. The molecule has 1 aliphatic rings. The first-order valence-corrected chi connectivity index (χ1v) is 9.31. The predicted octanol–water partition coefficient (Wildman–Crippen LogP) is 4.32. The highest BCUT2D eigenvalue weighted by Gasteiger charge is 2.32. The van der Waals surface area contributed by atoms with E-state index in [1.807, 2.05) is 6.92 Å². The SMILES string of the molecule is CCOc1c(OC)cc(N2CN(CNc3cccc(C(F)(F)F)c3)C(=O)O2)cc1OC. The molecule has 0 atom stereocenters. The molecular weight excluding hydrogens is 419 g/mol. The molecule has 8 nitrogen and oxygen atoms in total. The minimum absolute atomic E-state index is 0.0328. The number of anilines is 2. The number of amides is 1. The van der Waals surface area contributed by atoms with Gasteiger partial charge in [0.1, 0.15) is 6.67 Å². The molecule has 2 aromatic carbocycles. The first kappa shape index (κ1) is 22.2. The van der Waals surface area contributed by atoms with Gasteiger partial charge in [-0.1, -0.05) is 6.07 Å². The number of alkyl halides is 3. The molecule has 0 bridgehead atoms. The van der Waals surface area contributed by atoms with E-state index in [9.17, 15) is 18.0 Å². The average molecular weight is 441 g/mol. The Hall–Kier alpha value is -3.50. The number of carbonyl (C=O) groups excluding carboxylic acids is 1. The van der Waals surface area contributed by atoms with Crippen molar-refractivity contribution in [2.24, 2.45) is 0 Å². The van der Waals surface area contributed by atoms with Gasteiger partial charge in [-0.2, -0.15) is 18.2 Å². The molecule has 1 aliphatic heterocycles. The largest absolute Gasteiger partial charge is 0.493 e. The molecule has 0 unspecified atom stereocenters. The average Bonchev–Trinajstić information content (AvgIpc) is 3.12. The third-order valence-corrected chi connectivity index (χ3v) is 4.43. The fourth-order valence-corrected chi connectivity index (χ4v) is 2.93. The van der Waals surface area contributed by atoms with E-state index < -0.39 is 17.8 Å². The molecule has 0 saturated carbocycles. The topological polar surface area (TPSA) is 72.5 Å². The van der Waals surface area contributed by atoms with Gasteiger partial charge in [0.05, 0.1) is 38.7 Å². The summed E-state index contributed by atoms with van der Waals surface area (Å²) in [5.74, 6) is 1.21. The minimum Gasteiger partial charge on any atom is -0.493 e. The lowest BCUT2D eigenvalue weighted by atomic mass is 10.2. The number of hydroxylamine groups is 1. The van der Waals surface area contributed by atoms with Crippen molar-refractivity contribution in [1.29, 1.82) is 0 Å². The van der Waals surface area contributed by atoms with E-state index in [4.69, 9.17) is 19.0 Å². The fourth-order valence-electron chi connectivity index (χ4n) is 2.93. The van der Waals surface area contributed by atoms with E-state index in [1.54, 1.807) is 12.1 Å². The third kappa shape index (κ3) is 4.98. The summed E-state index contributed by atoms with van der Waals surface area (Å²) in [7, 11) is 2.95. The van der Waals surface area contributed by atoms with Crippen molar-refractivity contribution in [3.63, 3.8) is 0 Å². The van der Waals surface area contributed by atoms with Gasteiger partial charge in [-0.05, 0) is 25.1 Å². The van der Waals surface area contributed by atoms with Crippen molar-refractivity contribution >= 4 is 17.5 Å². The van der Waals surface area contributed by atoms with Crippen LogP contribution in [0.25, 0.3) is 0 Å². The smallest absolute Gasteiger partial charge is 0.437 e. The number of nitrogens with one attached hydrogen (secondary N) is 1. The van der Waals surface area contributed by atoms with Crippen LogP contribution in [0.2, 0.25) is 0 Å². The van der Waals surface area contributed by atoms with Crippen LogP contribution in [-0.4, -0.2) is 45.2 Å². The Morgan fingerprint density at radius 3 is 2.39 bits per heavy atom. The van der Waals surface area contributed by atoms with Gasteiger partial charge in [0, 0.05) is 17.8 Å². The molecule has 168 valence electrons. The third-order valence-electron chi connectivity index (χ3n) is 4.43. The molecule has 1 heterocycles. The lowest BCUT2D eigenvalue weighted by molar-refractivity contribution is -0.137. The van der Waals surface area contributed by atoms with Crippen LogP contribution in [0.3, 0.4) is 0 Å². The molecule has 0 radical (unpaired) electrons. The summed E-state index contributed by atoms with van der Waals surface area (Å²) < 4.78 is 54.8. The van der Waals surface area contributed by atoms with Crippen molar-refractivity contribution in [1.82, 2.24) is 4.90 Å². The van der Waals surface area contributed by atoms with E-state index in [0.717, 1.165) is 12.1 Å². The molecule has 3 rings (SSSR count). The lowest BCUT2D eigenvalue weighted by Crippen LogP contribution is -2.31. The Labute approximate surface area is 177 Å². The number of ether oxygens (including phenoxy) is 3. The number of methoxy groups -OCH3 is 2. The number of halogens is 3. The van der Waals surface area contributed by atoms with E-state index in [1.165, 1.54) is 36.3 Å². The highest BCUT2D eigenvalue weighted by molar-refractivity contribution is 5.74. The van der Waals surface area contributed by atoms with Crippen molar-refractivity contribution in [2.75, 3.05) is 44.5 Å². The van der Waals surface area contributed by atoms with Crippen LogP contribution >= 0.6 is 0 Å². The molecule has 11 heteroatoms. The number of hydrogen-bond acceptors (Lipinski definition) is 7. The summed E-state index contributed by atoms with van der Waals surface area (Å²) in [6.45, 7) is 2.21. The van der Waals surface area contributed by atoms with E-state index in [0.29, 0.717) is 29.5 Å². The first-order valence-electron chi connectivity index (χ1n) is 9.31. The summed E-state index contributed by atoms with van der Waals surface area (Å²) in [5.41, 5.74) is -0.0748. The van der Waals surface area contributed by atoms with Gasteiger partial charge in [0.2, 0.25) is 5.75 Å². The summed E-state index contributed by atoms with van der Waals surface area (Å²) in [5, 5.41) is 4.12. The summed E-state index contributed by atoms with van der Waals surface area (Å²) >= 11 is 0. The second kappa shape index (κ2) is 9.11. The van der Waals surface area contributed by atoms with Gasteiger partial charge in [-0.25, -0.2) is 4.79 Å². The van der Waals surface area contributed by atoms with Gasteiger partial charge >= 0.3 is 12.3 Å². The molecule has 1 N–H and O–H groups in total. The lowest BCUT2D eigenvalue weighted by Gasteiger charge is -2.20. The van der Waals surface area contributed by atoms with Crippen LogP contribution in [0.5, 0.6) is 17.2 Å². The maximum absolute atomic E-state index is 12.9. The number of carbonyl (C=O) groups is 1. The predicted molar refractivity (Wildman–Crippen MR) is 106 cm³/mol. The van der Waals surface area contributed by atoms with Crippen LogP contribution < -0.4 is 24.6 Å². The van der Waals surface area contributed by atoms with Crippen LogP contribution in [-0.2, 0) is 11.0 Å². The quantitative estimate of drug-likeness (QED) is 0.654. The highest BCUT2D eigenvalue weighted by atomic mass is 19.4. The Kier molecular flexibility index (Phi) is 6.52. The summed E-state index contributed by atoms with van der Waals surface area (Å²) in [6, 6.07) is 7.98. The Balaban J connectivity index is 1.72. The number of hydrogen-bond donors (Lipinski definition) is 1. The van der Waals surface area contributed by atoms with Crippen LogP contribution in [0, 0.1) is 0 Å². The molecule has 0 aromatic heterocycles. The van der Waals surface area contributed by atoms with Crippen LogP contribution in [0.15, 0.2) is 36.4 Å². The number of benzene rings is 2. The van der Waals surface area contributed by atoms with Crippen LogP contribution in [0.1, 0.15) is 12.5 Å². The fraction of sp³-hybridized carbons (Fsp3) is 0.350. The normalized spacial score (nSPS) is 13.8. The zero-order valence-electron chi connectivity index (χ0n) is 17.2. The zero-order chi connectivity index (χ0) is 22.6. The van der Waals surface area contributed by atoms with Crippen molar-refractivity contribution in [3.05, 3.63) is 42.0 Å². The maximum atomic E-state index is 12.9. The molecular formula is C20H22F3N3O5. The summed E-state index contributed by atoms with van der Waals surface area (Å²) in [6.07, 6.45) is -5.11. The highest BCUT2D eigenvalue weighted by Crippen LogP contribution is 2.42. The Bertz CT molecular complexity index is 914. The molecule has 1 saturated heterocycles. The first-order chi connectivity index (χ1) is 14.8. The molecule has 0 aliphatic carbocycles. The van der Waals surface area contributed by atoms with E-state index in [-0.39, 0.29) is 19.0 Å². The second-order valence-electron chi connectivity index (χ2n) is 6.44. The Morgan fingerprint density at radius 1 is 1.13 bits per heavy atom. The number of rotatable bonds is 8.